The summed E-state index contributed by atoms with van der Waals surface area (Å²) in [6.45, 7) is 3.19. The molecule has 1 aliphatic heterocycles. The van der Waals surface area contributed by atoms with Gasteiger partial charge in [-0.1, -0.05) is 23.4 Å². The minimum atomic E-state index is -0.0198. The molecular weight excluding hydrogens is 324 g/mol. The summed E-state index contributed by atoms with van der Waals surface area (Å²) in [4.78, 5) is 23.1. The number of thiazole rings is 1. The van der Waals surface area contributed by atoms with E-state index >= 15 is 0 Å². The molecule has 0 bridgehead atoms. The van der Waals surface area contributed by atoms with Gasteiger partial charge in [-0.05, 0) is 25.5 Å². The molecule has 122 valence electrons. The van der Waals surface area contributed by atoms with Crippen LogP contribution in [0.3, 0.4) is 0 Å². The second-order valence-electron chi connectivity index (χ2n) is 5.81. The summed E-state index contributed by atoms with van der Waals surface area (Å²) in [5.41, 5.74) is 1.43. The third-order valence-corrected chi connectivity index (χ3v) is 4.91. The first-order chi connectivity index (χ1) is 11.7. The summed E-state index contributed by atoms with van der Waals surface area (Å²) in [7, 11) is 0. The van der Waals surface area contributed by atoms with Crippen molar-refractivity contribution >= 4 is 17.2 Å². The highest BCUT2D eigenvalue weighted by atomic mass is 32.1. The van der Waals surface area contributed by atoms with E-state index in [-0.39, 0.29) is 11.8 Å². The third-order valence-electron chi connectivity index (χ3n) is 4.14. The Morgan fingerprint density at radius 1 is 1.29 bits per heavy atom. The first kappa shape index (κ1) is 15.0. The van der Waals surface area contributed by atoms with Crippen LogP contribution in [0, 0.1) is 6.92 Å². The Labute approximate surface area is 143 Å². The molecule has 6 nitrogen and oxygen atoms in total. The second kappa shape index (κ2) is 6.16. The standard InChI is InChI=1S/C17H16N4O2S/c1-11-18-14(10-24-11)17(22)21-8-7-13(9-21)15-19-16(23-20-15)12-5-3-2-4-6-12/h2-6,10,13H,7-9H2,1H3/t13-/m0/s1. The quantitative estimate of drug-likeness (QED) is 0.732. The molecule has 0 radical (unpaired) electrons. The van der Waals surface area contributed by atoms with Crippen molar-refractivity contribution in [2.75, 3.05) is 13.1 Å². The molecule has 0 unspecified atom stereocenters. The van der Waals surface area contributed by atoms with Crippen molar-refractivity contribution in [3.8, 4) is 11.5 Å². The lowest BCUT2D eigenvalue weighted by molar-refractivity contribution is 0.0785. The molecule has 0 N–H and O–H groups in total. The Morgan fingerprint density at radius 2 is 2.12 bits per heavy atom. The van der Waals surface area contributed by atoms with E-state index in [1.165, 1.54) is 11.3 Å². The van der Waals surface area contributed by atoms with E-state index < -0.39 is 0 Å². The zero-order chi connectivity index (χ0) is 16.5. The number of amides is 1. The van der Waals surface area contributed by atoms with Gasteiger partial charge in [0.2, 0.25) is 0 Å². The van der Waals surface area contributed by atoms with Gasteiger partial charge in [-0.25, -0.2) is 4.98 Å². The number of rotatable bonds is 3. The summed E-state index contributed by atoms with van der Waals surface area (Å²) >= 11 is 1.49. The summed E-state index contributed by atoms with van der Waals surface area (Å²) in [6.07, 6.45) is 0.836. The van der Waals surface area contributed by atoms with Crippen molar-refractivity contribution in [1.29, 1.82) is 0 Å². The molecule has 2 aromatic heterocycles. The minimum Gasteiger partial charge on any atom is -0.337 e. The van der Waals surface area contributed by atoms with E-state index in [1.54, 1.807) is 0 Å². The van der Waals surface area contributed by atoms with Gasteiger partial charge >= 0.3 is 0 Å². The van der Waals surface area contributed by atoms with Gasteiger partial charge in [0.15, 0.2) is 5.82 Å². The zero-order valence-corrected chi connectivity index (χ0v) is 14.0. The number of benzene rings is 1. The van der Waals surface area contributed by atoms with Crippen molar-refractivity contribution in [3.05, 3.63) is 52.2 Å². The maximum absolute atomic E-state index is 12.5. The molecule has 24 heavy (non-hydrogen) atoms. The molecule has 1 amide bonds. The molecule has 1 saturated heterocycles. The predicted molar refractivity (Wildman–Crippen MR) is 89.8 cm³/mol. The van der Waals surface area contributed by atoms with Gasteiger partial charge in [0.25, 0.3) is 11.8 Å². The first-order valence-electron chi connectivity index (χ1n) is 7.81. The van der Waals surface area contributed by atoms with Crippen LogP contribution in [-0.2, 0) is 0 Å². The fraction of sp³-hybridized carbons (Fsp3) is 0.294. The number of hydrogen-bond donors (Lipinski definition) is 0. The van der Waals surface area contributed by atoms with Gasteiger partial charge in [-0.3, -0.25) is 4.79 Å². The fourth-order valence-electron chi connectivity index (χ4n) is 2.88. The van der Waals surface area contributed by atoms with Crippen LogP contribution in [0.15, 0.2) is 40.2 Å². The lowest BCUT2D eigenvalue weighted by Gasteiger charge is -2.13. The molecular formula is C17H16N4O2S. The Bertz CT molecular complexity index is 858. The lowest BCUT2D eigenvalue weighted by Crippen LogP contribution is -2.28. The normalized spacial score (nSPS) is 17.4. The lowest BCUT2D eigenvalue weighted by atomic mass is 10.1. The van der Waals surface area contributed by atoms with Crippen LogP contribution < -0.4 is 0 Å². The van der Waals surface area contributed by atoms with Crippen LogP contribution in [0.5, 0.6) is 0 Å². The molecule has 3 aromatic rings. The van der Waals surface area contributed by atoms with Gasteiger partial charge in [-0.2, -0.15) is 4.98 Å². The van der Waals surface area contributed by atoms with E-state index in [9.17, 15) is 4.79 Å². The van der Waals surface area contributed by atoms with Gasteiger partial charge < -0.3 is 9.42 Å². The van der Waals surface area contributed by atoms with Gasteiger partial charge in [0, 0.05) is 30.0 Å². The number of likely N-dealkylation sites (tertiary alicyclic amines) is 1. The van der Waals surface area contributed by atoms with Crippen molar-refractivity contribution in [2.24, 2.45) is 0 Å². The second-order valence-corrected chi connectivity index (χ2v) is 6.87. The van der Waals surface area contributed by atoms with Crippen molar-refractivity contribution in [1.82, 2.24) is 20.0 Å². The van der Waals surface area contributed by atoms with Crippen LogP contribution >= 0.6 is 11.3 Å². The van der Waals surface area contributed by atoms with Gasteiger partial charge in [0.05, 0.1) is 5.01 Å². The summed E-state index contributed by atoms with van der Waals surface area (Å²) in [5, 5.41) is 6.82. The molecule has 3 heterocycles. The Morgan fingerprint density at radius 3 is 2.88 bits per heavy atom. The van der Waals surface area contributed by atoms with E-state index in [2.05, 4.69) is 15.1 Å². The molecule has 0 spiro atoms. The smallest absolute Gasteiger partial charge is 0.273 e. The van der Waals surface area contributed by atoms with Crippen LogP contribution in [0.4, 0.5) is 0 Å². The highest BCUT2D eigenvalue weighted by Gasteiger charge is 2.31. The average molecular weight is 340 g/mol. The predicted octanol–water partition coefficient (Wildman–Crippen LogP) is 3.13. The van der Waals surface area contributed by atoms with Gasteiger partial charge in [-0.15, -0.1) is 11.3 Å². The van der Waals surface area contributed by atoms with E-state index in [4.69, 9.17) is 4.52 Å². The zero-order valence-electron chi connectivity index (χ0n) is 13.2. The Hall–Kier alpha value is -2.54. The Kier molecular flexibility index (Phi) is 3.86. The molecule has 0 aliphatic carbocycles. The van der Waals surface area contributed by atoms with Crippen molar-refractivity contribution in [3.63, 3.8) is 0 Å². The number of nitrogens with zero attached hydrogens (tertiary/aromatic N) is 4. The third kappa shape index (κ3) is 2.82. The van der Waals surface area contributed by atoms with Crippen LogP contribution in [0.25, 0.3) is 11.5 Å². The first-order valence-corrected chi connectivity index (χ1v) is 8.69. The maximum Gasteiger partial charge on any atom is 0.273 e. The molecule has 4 rings (SSSR count). The summed E-state index contributed by atoms with van der Waals surface area (Å²) in [6, 6.07) is 9.69. The van der Waals surface area contributed by atoms with Crippen molar-refractivity contribution < 1.29 is 9.32 Å². The monoisotopic (exact) mass is 340 g/mol. The summed E-state index contributed by atoms with van der Waals surface area (Å²) in [5.74, 6) is 1.27. The van der Waals surface area contributed by atoms with E-state index in [0.29, 0.717) is 30.5 Å². The molecule has 1 atom stereocenters. The fourth-order valence-corrected chi connectivity index (χ4v) is 3.46. The Balaban J connectivity index is 1.47. The highest BCUT2D eigenvalue weighted by Crippen LogP contribution is 2.28. The van der Waals surface area contributed by atoms with E-state index in [0.717, 1.165) is 17.0 Å². The number of aryl methyl sites for hydroxylation is 1. The molecule has 0 saturated carbocycles. The maximum atomic E-state index is 12.5. The number of carbonyl (C=O) groups excluding carboxylic acids is 1. The topological polar surface area (TPSA) is 72.1 Å². The molecule has 1 fully saturated rings. The molecule has 1 aliphatic rings. The van der Waals surface area contributed by atoms with Gasteiger partial charge in [0.1, 0.15) is 5.69 Å². The average Bonchev–Trinajstić information content (AvgIpc) is 3.35. The minimum absolute atomic E-state index is 0.0198. The van der Waals surface area contributed by atoms with Crippen molar-refractivity contribution in [2.45, 2.75) is 19.3 Å². The highest BCUT2D eigenvalue weighted by molar-refractivity contribution is 7.09. The largest absolute Gasteiger partial charge is 0.337 e. The number of carbonyl (C=O) groups is 1. The SMILES string of the molecule is Cc1nc(C(=O)N2CC[C@H](c3noc(-c4ccccc4)n3)C2)cs1. The number of hydrogen-bond acceptors (Lipinski definition) is 6. The van der Waals surface area contributed by atoms with E-state index in [1.807, 2.05) is 47.5 Å². The molecule has 1 aromatic carbocycles. The van der Waals surface area contributed by atoms with Crippen LogP contribution in [0.2, 0.25) is 0 Å². The van der Waals surface area contributed by atoms with Crippen LogP contribution in [-0.4, -0.2) is 39.0 Å². The number of aromatic nitrogens is 3. The molecule has 7 heteroatoms. The summed E-state index contributed by atoms with van der Waals surface area (Å²) < 4.78 is 5.37. The van der Waals surface area contributed by atoms with Crippen LogP contribution in [0.1, 0.15) is 33.7 Å².